The zero-order chi connectivity index (χ0) is 25.9. The van der Waals surface area contributed by atoms with Gasteiger partial charge in [0.05, 0.1) is 16.6 Å². The van der Waals surface area contributed by atoms with Crippen molar-refractivity contribution < 1.29 is 13.5 Å². The van der Waals surface area contributed by atoms with Crippen LogP contribution in [0.15, 0.2) is 96.4 Å². The van der Waals surface area contributed by atoms with E-state index in [4.69, 9.17) is 0 Å². The largest absolute Gasteiger partial charge is 0.508 e. The minimum Gasteiger partial charge on any atom is -0.508 e. The summed E-state index contributed by atoms with van der Waals surface area (Å²) in [7, 11) is -2.13. The van der Waals surface area contributed by atoms with Crippen LogP contribution in [0.3, 0.4) is 0 Å². The summed E-state index contributed by atoms with van der Waals surface area (Å²) >= 11 is 0. The van der Waals surface area contributed by atoms with Crippen LogP contribution in [0.25, 0.3) is 0 Å². The second-order valence-electron chi connectivity index (χ2n) is 9.51. The lowest BCUT2D eigenvalue weighted by Crippen LogP contribution is -2.57. The molecule has 3 aromatic rings. The molecule has 0 bridgehead atoms. The van der Waals surface area contributed by atoms with Crippen LogP contribution in [0.1, 0.15) is 31.0 Å². The van der Waals surface area contributed by atoms with Crippen molar-refractivity contribution in [2.75, 3.05) is 31.0 Å². The summed E-state index contributed by atoms with van der Waals surface area (Å²) in [4.78, 5) is 5.10. The van der Waals surface area contributed by atoms with E-state index in [0.29, 0.717) is 11.7 Å². The van der Waals surface area contributed by atoms with Gasteiger partial charge in [0, 0.05) is 38.8 Å². The molecule has 0 spiro atoms. The number of phenols is 1. The standard InChI is InChI=1S/C29H35N3O3S/c1-5-18-31-20-23(3)32(21-22(31)2)29(25-10-9-13-27(33)19-25)24-14-16-28(17-15-24)36(34,35)30(4)26-11-7-6-8-12-26/h5-17,19,22-23,29,33H,1,18,20-21H2,2-4H3/t22-,23+,29+/m0/s1. The second-order valence-corrected chi connectivity index (χ2v) is 11.5. The van der Waals surface area contributed by atoms with Crippen molar-refractivity contribution in [1.82, 2.24) is 9.80 Å². The third-order valence-electron chi connectivity index (χ3n) is 7.02. The summed E-state index contributed by atoms with van der Waals surface area (Å²) in [6, 6.07) is 24.0. The number of hydrogen-bond donors (Lipinski definition) is 1. The number of para-hydroxylation sites is 1. The van der Waals surface area contributed by atoms with E-state index < -0.39 is 10.0 Å². The van der Waals surface area contributed by atoms with Gasteiger partial charge in [0.25, 0.3) is 10.0 Å². The topological polar surface area (TPSA) is 64.1 Å². The van der Waals surface area contributed by atoms with Gasteiger partial charge in [-0.1, -0.05) is 48.5 Å². The Balaban J connectivity index is 1.69. The molecule has 4 rings (SSSR count). The Morgan fingerprint density at radius 3 is 2.31 bits per heavy atom. The Morgan fingerprint density at radius 1 is 0.972 bits per heavy atom. The monoisotopic (exact) mass is 505 g/mol. The SMILES string of the molecule is C=CCN1C[C@@H](C)N([C@H](c2ccc(S(=O)(=O)N(C)c3ccccc3)cc2)c2cccc(O)c2)C[C@@H]1C. The minimum atomic E-state index is -3.70. The zero-order valence-electron chi connectivity index (χ0n) is 21.2. The summed E-state index contributed by atoms with van der Waals surface area (Å²) in [5.41, 5.74) is 2.57. The lowest BCUT2D eigenvalue weighted by atomic mass is 9.93. The van der Waals surface area contributed by atoms with E-state index in [-0.39, 0.29) is 22.7 Å². The number of nitrogens with zero attached hydrogens (tertiary/aromatic N) is 3. The number of piperazine rings is 1. The van der Waals surface area contributed by atoms with E-state index in [2.05, 4.69) is 30.2 Å². The quantitative estimate of drug-likeness (QED) is 0.442. The van der Waals surface area contributed by atoms with Crippen LogP contribution >= 0.6 is 0 Å². The molecule has 3 atom stereocenters. The Bertz CT molecular complexity index is 1280. The first-order chi connectivity index (χ1) is 17.2. The van der Waals surface area contributed by atoms with Crippen LogP contribution in [0.4, 0.5) is 5.69 Å². The van der Waals surface area contributed by atoms with Crippen LogP contribution in [0.2, 0.25) is 0 Å². The zero-order valence-corrected chi connectivity index (χ0v) is 22.0. The maximum Gasteiger partial charge on any atom is 0.264 e. The van der Waals surface area contributed by atoms with Gasteiger partial charge in [0.15, 0.2) is 0 Å². The number of rotatable bonds is 8. The van der Waals surface area contributed by atoms with E-state index in [0.717, 1.165) is 30.8 Å². The molecule has 7 heteroatoms. The number of sulfonamides is 1. The van der Waals surface area contributed by atoms with E-state index in [1.54, 1.807) is 43.4 Å². The summed E-state index contributed by atoms with van der Waals surface area (Å²) < 4.78 is 27.9. The molecule has 1 heterocycles. The molecule has 6 nitrogen and oxygen atoms in total. The van der Waals surface area contributed by atoms with Crippen molar-refractivity contribution in [2.24, 2.45) is 0 Å². The fourth-order valence-corrected chi connectivity index (χ4v) is 6.23. The molecule has 0 amide bonds. The van der Waals surface area contributed by atoms with Crippen molar-refractivity contribution >= 4 is 15.7 Å². The van der Waals surface area contributed by atoms with Gasteiger partial charge in [0.1, 0.15) is 5.75 Å². The molecule has 0 saturated carbocycles. The van der Waals surface area contributed by atoms with E-state index >= 15 is 0 Å². The molecule has 1 fully saturated rings. The van der Waals surface area contributed by atoms with Gasteiger partial charge >= 0.3 is 0 Å². The Kier molecular flexibility index (Phi) is 7.83. The molecule has 0 radical (unpaired) electrons. The fourth-order valence-electron chi connectivity index (χ4n) is 5.03. The first kappa shape index (κ1) is 25.9. The van der Waals surface area contributed by atoms with Crippen molar-refractivity contribution in [1.29, 1.82) is 0 Å². The Morgan fingerprint density at radius 2 is 1.67 bits per heavy atom. The van der Waals surface area contributed by atoms with Crippen LogP contribution in [0, 0.1) is 0 Å². The van der Waals surface area contributed by atoms with E-state index in [9.17, 15) is 13.5 Å². The van der Waals surface area contributed by atoms with Crippen molar-refractivity contribution in [2.45, 2.75) is 36.9 Å². The van der Waals surface area contributed by atoms with Crippen LogP contribution in [-0.4, -0.2) is 62.1 Å². The summed E-state index contributed by atoms with van der Waals surface area (Å²) in [6.07, 6.45) is 1.94. The number of anilines is 1. The highest BCUT2D eigenvalue weighted by Gasteiger charge is 2.34. The average molecular weight is 506 g/mol. The van der Waals surface area contributed by atoms with Crippen LogP contribution in [0.5, 0.6) is 5.75 Å². The van der Waals surface area contributed by atoms with Gasteiger partial charge in [0.2, 0.25) is 0 Å². The van der Waals surface area contributed by atoms with Crippen molar-refractivity contribution in [3.8, 4) is 5.75 Å². The van der Waals surface area contributed by atoms with Gasteiger partial charge < -0.3 is 5.11 Å². The lowest BCUT2D eigenvalue weighted by Gasteiger charge is -2.47. The molecule has 1 aliphatic rings. The molecule has 1 N–H and O–H groups in total. The molecule has 190 valence electrons. The predicted molar refractivity (Wildman–Crippen MR) is 146 cm³/mol. The highest BCUT2D eigenvalue weighted by molar-refractivity contribution is 7.92. The average Bonchev–Trinajstić information content (AvgIpc) is 2.87. The first-order valence-corrected chi connectivity index (χ1v) is 13.7. The third-order valence-corrected chi connectivity index (χ3v) is 8.82. The Hall–Kier alpha value is -3.13. The van der Waals surface area contributed by atoms with Gasteiger partial charge in [-0.15, -0.1) is 6.58 Å². The van der Waals surface area contributed by atoms with E-state index in [1.807, 2.05) is 48.5 Å². The number of aromatic hydroxyl groups is 1. The molecule has 1 aliphatic heterocycles. The number of benzene rings is 3. The molecule has 0 aromatic heterocycles. The van der Waals surface area contributed by atoms with Crippen LogP contribution in [-0.2, 0) is 10.0 Å². The maximum absolute atomic E-state index is 13.3. The fraction of sp³-hybridized carbons (Fsp3) is 0.310. The molecule has 3 aromatic carbocycles. The van der Waals surface area contributed by atoms with Crippen molar-refractivity contribution in [3.63, 3.8) is 0 Å². The summed E-state index contributed by atoms with van der Waals surface area (Å²) in [6.45, 7) is 10.9. The molecular formula is C29H35N3O3S. The molecular weight excluding hydrogens is 470 g/mol. The molecule has 0 unspecified atom stereocenters. The molecule has 0 aliphatic carbocycles. The van der Waals surface area contributed by atoms with Gasteiger partial charge in [-0.25, -0.2) is 8.42 Å². The maximum atomic E-state index is 13.3. The van der Waals surface area contributed by atoms with Crippen molar-refractivity contribution in [3.05, 3.63) is 103 Å². The van der Waals surface area contributed by atoms with Crippen LogP contribution < -0.4 is 4.31 Å². The number of hydrogen-bond acceptors (Lipinski definition) is 5. The predicted octanol–water partition coefficient (Wildman–Crippen LogP) is 4.89. The Labute approximate surface area is 215 Å². The first-order valence-electron chi connectivity index (χ1n) is 12.3. The highest BCUT2D eigenvalue weighted by atomic mass is 32.2. The second kappa shape index (κ2) is 10.9. The highest BCUT2D eigenvalue weighted by Crippen LogP contribution is 2.35. The van der Waals surface area contributed by atoms with E-state index in [1.165, 1.54) is 4.31 Å². The number of phenolic OH excluding ortho intramolecular Hbond substituents is 1. The molecule has 1 saturated heterocycles. The minimum absolute atomic E-state index is 0.121. The van der Waals surface area contributed by atoms with Gasteiger partial charge in [-0.05, 0) is 61.4 Å². The molecule has 36 heavy (non-hydrogen) atoms. The summed E-state index contributed by atoms with van der Waals surface area (Å²) in [5.74, 6) is 0.215. The normalized spacial score (nSPS) is 20.1. The summed E-state index contributed by atoms with van der Waals surface area (Å²) in [5, 5.41) is 10.2. The third kappa shape index (κ3) is 5.33. The smallest absolute Gasteiger partial charge is 0.264 e. The van der Waals surface area contributed by atoms with Gasteiger partial charge in [-0.3, -0.25) is 14.1 Å². The van der Waals surface area contributed by atoms with Gasteiger partial charge in [-0.2, -0.15) is 0 Å². The lowest BCUT2D eigenvalue weighted by molar-refractivity contribution is 0.0306.